The van der Waals surface area contributed by atoms with Gasteiger partial charge in [0, 0.05) is 12.6 Å². The van der Waals surface area contributed by atoms with Gasteiger partial charge in [0.25, 0.3) is 0 Å². The predicted molar refractivity (Wildman–Crippen MR) is 42.5 cm³/mol. The van der Waals surface area contributed by atoms with Crippen LogP contribution in [-0.2, 0) is 17.2 Å². The van der Waals surface area contributed by atoms with Gasteiger partial charge in [-0.05, 0) is 13.8 Å². The van der Waals surface area contributed by atoms with E-state index in [2.05, 4.69) is 5.10 Å². The SMILES string of the molecule is Cc1nn(C)c(S(=O)(=O)O)c1C. The zero-order valence-corrected chi connectivity index (χ0v) is 7.88. The zero-order chi connectivity index (χ0) is 9.52. The van der Waals surface area contributed by atoms with Crippen LogP contribution in [0.3, 0.4) is 0 Å². The van der Waals surface area contributed by atoms with Gasteiger partial charge in [0.2, 0.25) is 0 Å². The lowest BCUT2D eigenvalue weighted by atomic mass is 10.3. The lowest BCUT2D eigenvalue weighted by Crippen LogP contribution is -2.07. The van der Waals surface area contributed by atoms with Crippen molar-refractivity contribution in [3.63, 3.8) is 0 Å². The Morgan fingerprint density at radius 3 is 2.08 bits per heavy atom. The molecule has 0 aliphatic carbocycles. The van der Waals surface area contributed by atoms with Gasteiger partial charge in [-0.25, -0.2) is 0 Å². The van der Waals surface area contributed by atoms with Gasteiger partial charge in [-0.1, -0.05) is 0 Å². The molecular formula is C6H10N2O3S. The van der Waals surface area contributed by atoms with Gasteiger partial charge in [-0.2, -0.15) is 13.5 Å². The molecule has 1 rings (SSSR count). The summed E-state index contributed by atoms with van der Waals surface area (Å²) in [6.07, 6.45) is 0. The molecule has 0 aliphatic rings. The normalized spacial score (nSPS) is 12.0. The van der Waals surface area contributed by atoms with Crippen molar-refractivity contribution >= 4 is 10.1 Å². The van der Waals surface area contributed by atoms with E-state index in [1.54, 1.807) is 13.8 Å². The topological polar surface area (TPSA) is 72.2 Å². The van der Waals surface area contributed by atoms with E-state index in [-0.39, 0.29) is 5.03 Å². The van der Waals surface area contributed by atoms with Crippen molar-refractivity contribution in [2.24, 2.45) is 7.05 Å². The summed E-state index contributed by atoms with van der Waals surface area (Å²) >= 11 is 0. The van der Waals surface area contributed by atoms with E-state index in [1.807, 2.05) is 0 Å². The minimum absolute atomic E-state index is 0.139. The van der Waals surface area contributed by atoms with Crippen molar-refractivity contribution < 1.29 is 13.0 Å². The van der Waals surface area contributed by atoms with E-state index < -0.39 is 10.1 Å². The van der Waals surface area contributed by atoms with Crippen LogP contribution >= 0.6 is 0 Å². The molecule has 0 unspecified atom stereocenters. The molecule has 0 radical (unpaired) electrons. The summed E-state index contributed by atoms with van der Waals surface area (Å²) in [7, 11) is -2.67. The standard InChI is InChI=1S/C6H10N2O3S/c1-4-5(2)7-8(3)6(4)12(9,10)11/h1-3H3,(H,9,10,11). The quantitative estimate of drug-likeness (QED) is 0.646. The summed E-state index contributed by atoms with van der Waals surface area (Å²) in [5.74, 6) is 0. The second-order valence-corrected chi connectivity index (χ2v) is 3.95. The summed E-state index contributed by atoms with van der Waals surface area (Å²) in [6.45, 7) is 3.29. The first-order valence-corrected chi connectivity index (χ1v) is 4.75. The number of aromatic nitrogens is 2. The second kappa shape index (κ2) is 2.56. The van der Waals surface area contributed by atoms with Crippen LogP contribution in [0.1, 0.15) is 11.3 Å². The highest BCUT2D eigenvalue weighted by atomic mass is 32.2. The molecule has 0 spiro atoms. The van der Waals surface area contributed by atoms with Gasteiger partial charge >= 0.3 is 10.1 Å². The van der Waals surface area contributed by atoms with E-state index in [1.165, 1.54) is 7.05 Å². The number of hydrogen-bond donors (Lipinski definition) is 1. The average Bonchev–Trinajstić information content (AvgIpc) is 2.05. The van der Waals surface area contributed by atoms with Crippen LogP contribution in [0.5, 0.6) is 0 Å². The molecule has 6 heteroatoms. The zero-order valence-electron chi connectivity index (χ0n) is 7.07. The summed E-state index contributed by atoms with van der Waals surface area (Å²) in [4.78, 5) is 0. The maximum absolute atomic E-state index is 10.8. The molecule has 1 aromatic rings. The van der Waals surface area contributed by atoms with Crippen molar-refractivity contribution in [1.82, 2.24) is 9.78 Å². The maximum atomic E-state index is 10.8. The molecule has 0 saturated carbocycles. The fourth-order valence-corrected chi connectivity index (χ4v) is 2.01. The number of aryl methyl sites for hydroxylation is 2. The lowest BCUT2D eigenvalue weighted by molar-refractivity contribution is 0.469. The van der Waals surface area contributed by atoms with Crippen molar-refractivity contribution in [1.29, 1.82) is 0 Å². The van der Waals surface area contributed by atoms with E-state index in [4.69, 9.17) is 4.55 Å². The Labute approximate surface area is 70.8 Å². The second-order valence-electron chi connectivity index (χ2n) is 2.61. The third-order valence-corrected chi connectivity index (χ3v) is 2.76. The number of nitrogens with zero attached hydrogens (tertiary/aromatic N) is 2. The van der Waals surface area contributed by atoms with Crippen LogP contribution < -0.4 is 0 Å². The summed E-state index contributed by atoms with van der Waals surface area (Å²) in [5.41, 5.74) is 1.09. The molecule has 1 N–H and O–H groups in total. The molecule has 1 heterocycles. The first kappa shape index (κ1) is 9.21. The minimum Gasteiger partial charge on any atom is -0.281 e. The Kier molecular flexibility index (Phi) is 1.97. The van der Waals surface area contributed by atoms with Crippen molar-refractivity contribution in [2.75, 3.05) is 0 Å². The van der Waals surface area contributed by atoms with E-state index in [0.29, 0.717) is 11.3 Å². The maximum Gasteiger partial charge on any atom is 0.312 e. The molecule has 0 fully saturated rings. The molecule has 0 aliphatic heterocycles. The average molecular weight is 190 g/mol. The van der Waals surface area contributed by atoms with E-state index in [0.717, 1.165) is 4.68 Å². The fraction of sp³-hybridized carbons (Fsp3) is 0.500. The smallest absolute Gasteiger partial charge is 0.281 e. The van der Waals surface area contributed by atoms with Gasteiger partial charge in [0.15, 0.2) is 5.03 Å². The van der Waals surface area contributed by atoms with Crippen molar-refractivity contribution in [3.8, 4) is 0 Å². The van der Waals surface area contributed by atoms with Gasteiger partial charge in [-0.3, -0.25) is 9.23 Å². The summed E-state index contributed by atoms with van der Waals surface area (Å²) in [6, 6.07) is 0. The predicted octanol–water partition coefficient (Wildman–Crippen LogP) is 0.284. The largest absolute Gasteiger partial charge is 0.312 e. The van der Waals surface area contributed by atoms with E-state index >= 15 is 0 Å². The third kappa shape index (κ3) is 1.35. The van der Waals surface area contributed by atoms with E-state index in [9.17, 15) is 8.42 Å². The Bertz CT molecular complexity index is 405. The molecule has 0 aromatic carbocycles. The molecule has 68 valence electrons. The highest BCUT2D eigenvalue weighted by Crippen LogP contribution is 2.16. The molecule has 0 amide bonds. The van der Waals surface area contributed by atoms with Gasteiger partial charge in [0.1, 0.15) is 0 Å². The summed E-state index contributed by atoms with van der Waals surface area (Å²) < 4.78 is 31.5. The van der Waals surface area contributed by atoms with Crippen LogP contribution in [0.4, 0.5) is 0 Å². The Hall–Kier alpha value is -0.880. The van der Waals surface area contributed by atoms with Gasteiger partial charge < -0.3 is 0 Å². The molecular weight excluding hydrogens is 180 g/mol. The van der Waals surface area contributed by atoms with Crippen molar-refractivity contribution in [2.45, 2.75) is 18.9 Å². The number of hydrogen-bond acceptors (Lipinski definition) is 3. The van der Waals surface area contributed by atoms with Gasteiger partial charge in [0.05, 0.1) is 5.69 Å². The Morgan fingerprint density at radius 1 is 1.42 bits per heavy atom. The molecule has 1 aromatic heterocycles. The minimum atomic E-state index is -4.14. The highest BCUT2D eigenvalue weighted by molar-refractivity contribution is 7.85. The van der Waals surface area contributed by atoms with Crippen LogP contribution in [-0.4, -0.2) is 22.8 Å². The fourth-order valence-electron chi connectivity index (χ4n) is 1.10. The van der Waals surface area contributed by atoms with Crippen molar-refractivity contribution in [3.05, 3.63) is 11.3 Å². The van der Waals surface area contributed by atoms with Crippen LogP contribution in [0, 0.1) is 13.8 Å². The Morgan fingerprint density at radius 2 is 1.92 bits per heavy atom. The first-order chi connectivity index (χ1) is 5.34. The first-order valence-electron chi connectivity index (χ1n) is 3.31. The highest BCUT2D eigenvalue weighted by Gasteiger charge is 2.20. The third-order valence-electron chi connectivity index (χ3n) is 1.70. The van der Waals surface area contributed by atoms with Crippen LogP contribution in [0.15, 0.2) is 5.03 Å². The molecule has 0 saturated heterocycles. The summed E-state index contributed by atoms with van der Waals surface area (Å²) in [5, 5.41) is 3.72. The van der Waals surface area contributed by atoms with Crippen LogP contribution in [0.25, 0.3) is 0 Å². The van der Waals surface area contributed by atoms with Gasteiger partial charge in [-0.15, -0.1) is 0 Å². The Balaban J connectivity index is 3.54. The monoisotopic (exact) mass is 190 g/mol. The molecule has 0 bridgehead atoms. The molecule has 12 heavy (non-hydrogen) atoms. The molecule has 0 atom stereocenters. The number of rotatable bonds is 1. The molecule has 5 nitrogen and oxygen atoms in total. The van der Waals surface area contributed by atoms with Crippen LogP contribution in [0.2, 0.25) is 0 Å². The lowest BCUT2D eigenvalue weighted by Gasteiger charge is -1.97.